The van der Waals surface area contributed by atoms with Crippen molar-refractivity contribution in [3.63, 3.8) is 0 Å². The molecule has 1 aromatic carbocycles. The van der Waals surface area contributed by atoms with E-state index in [0.717, 1.165) is 25.1 Å². The van der Waals surface area contributed by atoms with Crippen LogP contribution in [0, 0.1) is 0 Å². The summed E-state index contributed by atoms with van der Waals surface area (Å²) in [4.78, 5) is 16.9. The Kier molecular flexibility index (Phi) is 9.17. The molecule has 1 heterocycles. The Morgan fingerprint density at radius 2 is 1.96 bits per heavy atom. The highest BCUT2D eigenvalue weighted by Gasteiger charge is 2.35. The standard InChI is InChI=1S/C23H38N2OS/c1-5-6-7-11-16-21(22(26)24-23(2,3)4)25-17-12-13-19(25)18-27-20-14-9-8-10-15-20/h8-10,14-15,19,21H,5-7,11-13,16-18H2,1-4H3,(H,24,26)/t19-,21?/m0/s1. The first-order chi connectivity index (χ1) is 12.9. The fraction of sp³-hybridized carbons (Fsp3) is 0.696. The van der Waals surface area contributed by atoms with E-state index in [1.807, 2.05) is 11.8 Å². The number of hydrogen-bond donors (Lipinski definition) is 1. The molecule has 0 aliphatic carbocycles. The lowest BCUT2D eigenvalue weighted by Crippen LogP contribution is -2.53. The van der Waals surface area contributed by atoms with Crippen LogP contribution in [0.1, 0.15) is 72.6 Å². The van der Waals surface area contributed by atoms with Crippen molar-refractivity contribution in [1.29, 1.82) is 0 Å². The molecule has 0 spiro atoms. The fourth-order valence-corrected chi connectivity index (χ4v) is 4.91. The lowest BCUT2D eigenvalue weighted by molar-refractivity contribution is -0.128. The van der Waals surface area contributed by atoms with Gasteiger partial charge in [-0.15, -0.1) is 11.8 Å². The molecule has 3 nitrogen and oxygen atoms in total. The lowest BCUT2D eigenvalue weighted by atomic mass is 10.0. The van der Waals surface area contributed by atoms with Crippen molar-refractivity contribution in [2.45, 2.75) is 95.2 Å². The summed E-state index contributed by atoms with van der Waals surface area (Å²) in [6.07, 6.45) is 8.26. The molecular formula is C23H38N2OS. The van der Waals surface area contributed by atoms with Gasteiger partial charge in [0, 0.05) is 22.2 Å². The summed E-state index contributed by atoms with van der Waals surface area (Å²) in [6, 6.07) is 11.1. The molecule has 1 fully saturated rings. The molecule has 2 rings (SSSR count). The van der Waals surface area contributed by atoms with E-state index in [1.165, 1.54) is 37.0 Å². The van der Waals surface area contributed by atoms with E-state index in [4.69, 9.17) is 0 Å². The maximum Gasteiger partial charge on any atom is 0.237 e. The van der Waals surface area contributed by atoms with Gasteiger partial charge in [0.15, 0.2) is 0 Å². The van der Waals surface area contributed by atoms with Gasteiger partial charge in [-0.2, -0.15) is 0 Å². The van der Waals surface area contributed by atoms with Crippen molar-refractivity contribution in [1.82, 2.24) is 10.2 Å². The molecule has 1 saturated heterocycles. The van der Waals surface area contributed by atoms with E-state index < -0.39 is 0 Å². The average molecular weight is 391 g/mol. The third kappa shape index (κ3) is 7.87. The number of carbonyl (C=O) groups is 1. The molecule has 0 saturated carbocycles. The first-order valence-corrected chi connectivity index (χ1v) is 11.6. The minimum absolute atomic E-state index is 0.0185. The van der Waals surface area contributed by atoms with Crippen molar-refractivity contribution < 1.29 is 4.79 Å². The minimum Gasteiger partial charge on any atom is -0.350 e. The molecule has 27 heavy (non-hydrogen) atoms. The quantitative estimate of drug-likeness (QED) is 0.423. The van der Waals surface area contributed by atoms with Gasteiger partial charge in [0.25, 0.3) is 0 Å². The molecule has 0 aromatic heterocycles. The largest absolute Gasteiger partial charge is 0.350 e. The predicted molar refractivity (Wildman–Crippen MR) is 117 cm³/mol. The maximum absolute atomic E-state index is 13.1. The second-order valence-corrected chi connectivity index (χ2v) is 9.86. The van der Waals surface area contributed by atoms with Crippen LogP contribution in [-0.4, -0.2) is 40.7 Å². The molecule has 0 radical (unpaired) electrons. The molecule has 1 amide bonds. The zero-order chi connectivity index (χ0) is 19.7. The van der Waals surface area contributed by atoms with Crippen molar-refractivity contribution in [2.75, 3.05) is 12.3 Å². The number of rotatable bonds is 10. The molecule has 1 unspecified atom stereocenters. The number of hydrogen-bond acceptors (Lipinski definition) is 3. The van der Waals surface area contributed by atoms with Gasteiger partial charge in [-0.1, -0.05) is 50.8 Å². The smallest absolute Gasteiger partial charge is 0.237 e. The van der Waals surface area contributed by atoms with Crippen LogP contribution in [0.4, 0.5) is 0 Å². The average Bonchev–Trinajstić information content (AvgIpc) is 3.07. The number of unbranched alkanes of at least 4 members (excludes halogenated alkanes) is 3. The number of carbonyl (C=O) groups excluding carboxylic acids is 1. The van der Waals surface area contributed by atoms with E-state index in [9.17, 15) is 4.79 Å². The van der Waals surface area contributed by atoms with Crippen LogP contribution >= 0.6 is 11.8 Å². The third-order valence-electron chi connectivity index (χ3n) is 5.14. The van der Waals surface area contributed by atoms with Gasteiger partial charge in [0.05, 0.1) is 6.04 Å². The maximum atomic E-state index is 13.1. The summed E-state index contributed by atoms with van der Waals surface area (Å²) in [5, 5.41) is 3.24. The van der Waals surface area contributed by atoms with E-state index in [1.54, 1.807) is 0 Å². The topological polar surface area (TPSA) is 32.3 Å². The molecule has 2 atom stereocenters. The second kappa shape index (κ2) is 11.1. The van der Waals surface area contributed by atoms with Crippen LogP contribution in [0.2, 0.25) is 0 Å². The molecule has 1 N–H and O–H groups in total. The summed E-state index contributed by atoms with van der Waals surface area (Å²) < 4.78 is 0. The molecule has 1 aliphatic heterocycles. The van der Waals surface area contributed by atoms with Gasteiger partial charge in [-0.05, 0) is 58.7 Å². The first kappa shape index (κ1) is 22.3. The fourth-order valence-electron chi connectivity index (χ4n) is 3.82. The summed E-state index contributed by atoms with van der Waals surface area (Å²) in [5.74, 6) is 1.29. The van der Waals surface area contributed by atoms with Crippen molar-refractivity contribution >= 4 is 17.7 Å². The van der Waals surface area contributed by atoms with Gasteiger partial charge >= 0.3 is 0 Å². The van der Waals surface area contributed by atoms with Gasteiger partial charge in [0.1, 0.15) is 0 Å². The number of nitrogens with zero attached hydrogens (tertiary/aromatic N) is 1. The Hall–Kier alpha value is -1.00. The Bertz CT molecular complexity index is 555. The number of likely N-dealkylation sites (tertiary alicyclic amines) is 1. The van der Waals surface area contributed by atoms with Crippen LogP contribution in [0.5, 0.6) is 0 Å². The van der Waals surface area contributed by atoms with Crippen molar-refractivity contribution in [2.24, 2.45) is 0 Å². The van der Waals surface area contributed by atoms with E-state index in [2.05, 4.69) is 68.2 Å². The third-order valence-corrected chi connectivity index (χ3v) is 6.30. The highest BCUT2D eigenvalue weighted by atomic mass is 32.2. The van der Waals surface area contributed by atoms with Crippen molar-refractivity contribution in [3.8, 4) is 0 Å². The monoisotopic (exact) mass is 390 g/mol. The number of nitrogens with one attached hydrogen (secondary N) is 1. The summed E-state index contributed by atoms with van der Waals surface area (Å²) in [5.41, 5.74) is -0.174. The van der Waals surface area contributed by atoms with Crippen LogP contribution in [0.25, 0.3) is 0 Å². The highest BCUT2D eigenvalue weighted by Crippen LogP contribution is 2.29. The second-order valence-electron chi connectivity index (χ2n) is 8.76. The molecule has 4 heteroatoms. The Morgan fingerprint density at radius 3 is 2.63 bits per heavy atom. The van der Waals surface area contributed by atoms with Crippen LogP contribution in [-0.2, 0) is 4.79 Å². The highest BCUT2D eigenvalue weighted by molar-refractivity contribution is 7.99. The number of thioether (sulfide) groups is 1. The SMILES string of the molecule is CCCCCCC(C(=O)NC(C)(C)C)N1CCC[C@H]1CSc1ccccc1. The van der Waals surface area contributed by atoms with Gasteiger partial charge in [-0.3, -0.25) is 9.69 Å². The van der Waals surface area contributed by atoms with E-state index in [-0.39, 0.29) is 17.5 Å². The predicted octanol–water partition coefficient (Wildman–Crippen LogP) is 5.50. The van der Waals surface area contributed by atoms with Gasteiger partial charge < -0.3 is 5.32 Å². The molecule has 1 aliphatic rings. The Labute approximate surface area is 170 Å². The lowest BCUT2D eigenvalue weighted by Gasteiger charge is -2.34. The van der Waals surface area contributed by atoms with Gasteiger partial charge in [-0.25, -0.2) is 0 Å². The molecular weight excluding hydrogens is 352 g/mol. The van der Waals surface area contributed by atoms with Crippen LogP contribution in [0.3, 0.4) is 0 Å². The summed E-state index contributed by atoms with van der Waals surface area (Å²) in [6.45, 7) is 9.51. The molecule has 1 aromatic rings. The van der Waals surface area contributed by atoms with Crippen LogP contribution < -0.4 is 5.32 Å². The first-order valence-electron chi connectivity index (χ1n) is 10.7. The molecule has 152 valence electrons. The number of benzene rings is 1. The van der Waals surface area contributed by atoms with Gasteiger partial charge in [0.2, 0.25) is 5.91 Å². The zero-order valence-electron chi connectivity index (χ0n) is 17.7. The number of amides is 1. The van der Waals surface area contributed by atoms with Crippen molar-refractivity contribution in [3.05, 3.63) is 30.3 Å². The Morgan fingerprint density at radius 1 is 1.22 bits per heavy atom. The van der Waals surface area contributed by atoms with E-state index in [0.29, 0.717) is 6.04 Å². The normalized spacial score (nSPS) is 19.2. The Balaban J connectivity index is 2.00. The van der Waals surface area contributed by atoms with Crippen LogP contribution in [0.15, 0.2) is 35.2 Å². The molecule has 0 bridgehead atoms. The van der Waals surface area contributed by atoms with E-state index >= 15 is 0 Å². The summed E-state index contributed by atoms with van der Waals surface area (Å²) >= 11 is 1.92. The zero-order valence-corrected chi connectivity index (χ0v) is 18.5. The minimum atomic E-state index is -0.174. The summed E-state index contributed by atoms with van der Waals surface area (Å²) in [7, 11) is 0.